The minimum Gasteiger partial charge on any atom is -0.481 e. The Morgan fingerprint density at radius 3 is 2.65 bits per heavy atom. The summed E-state index contributed by atoms with van der Waals surface area (Å²) in [6.07, 6.45) is 6.57. The molecule has 2 N–H and O–H groups in total. The van der Waals surface area contributed by atoms with Gasteiger partial charge in [-0.25, -0.2) is 24.3 Å². The van der Waals surface area contributed by atoms with Crippen LogP contribution in [0.15, 0.2) is 42.7 Å². The number of nitrogens with zero attached hydrogens (tertiary/aromatic N) is 4. The van der Waals surface area contributed by atoms with Crippen LogP contribution in [-0.4, -0.2) is 42.1 Å². The van der Waals surface area contributed by atoms with Gasteiger partial charge in [-0.3, -0.25) is 4.79 Å². The molecule has 3 aromatic heterocycles. The molecule has 1 saturated carbocycles. The second-order valence-electron chi connectivity index (χ2n) is 8.70. The first-order valence-electron chi connectivity index (χ1n) is 11.3. The Morgan fingerprint density at radius 2 is 1.94 bits per heavy atom. The zero-order chi connectivity index (χ0) is 23.7. The number of ether oxygens (including phenoxy) is 1. The molecule has 9 heteroatoms. The van der Waals surface area contributed by atoms with E-state index >= 15 is 0 Å². The first-order chi connectivity index (χ1) is 16.4. The first kappa shape index (κ1) is 21.9. The maximum absolute atomic E-state index is 14.9. The predicted octanol–water partition coefficient (Wildman–Crippen LogP) is 4.94. The number of aromatic amines is 1. The average Bonchev–Trinajstić information content (AvgIpc) is 3.23. The van der Waals surface area contributed by atoms with Crippen LogP contribution in [0.1, 0.15) is 37.8 Å². The minimum absolute atomic E-state index is 0.00371. The Balaban J connectivity index is 1.26. The Kier molecular flexibility index (Phi) is 5.91. The zero-order valence-electron chi connectivity index (χ0n) is 18.7. The van der Waals surface area contributed by atoms with Crippen LogP contribution < -0.4 is 4.74 Å². The lowest BCUT2D eigenvalue weighted by molar-refractivity contribution is -0.138. The van der Waals surface area contributed by atoms with E-state index in [1.165, 1.54) is 12.3 Å². The number of nitrogens with one attached hydrogen (secondary N) is 1. The molecule has 4 aromatic rings. The van der Waals surface area contributed by atoms with E-state index in [0.717, 1.165) is 36.9 Å². The first-order valence-corrected chi connectivity index (χ1v) is 11.3. The van der Waals surface area contributed by atoms with Crippen molar-refractivity contribution in [1.29, 1.82) is 0 Å². The smallest absolute Gasteiger partial charge is 0.303 e. The highest BCUT2D eigenvalue weighted by molar-refractivity contribution is 5.77. The van der Waals surface area contributed by atoms with Gasteiger partial charge in [0.15, 0.2) is 5.65 Å². The standard InChI is InChI=1S/C25H24FN5O3/c1-14-2-9-20-25(29-14)31-24(30-20)18-8-5-16(11-19(18)26)21-12-28-22(13-27-21)34-17-6-3-15(4-7-17)10-23(32)33/h2,5,8-9,11-13,15,17H,3-4,6-7,10H2,1H3,(H,32,33)(H,29,30,31)/t15-,17-. The summed E-state index contributed by atoms with van der Waals surface area (Å²) in [5.74, 6) is -0.130. The SMILES string of the molecule is Cc1ccc2[nH]c(-c3ccc(-c4cnc(O[C@H]5CC[C@H](CC(=O)O)CC5)cn4)cc3F)nc2n1. The summed E-state index contributed by atoms with van der Waals surface area (Å²) in [5, 5.41) is 8.94. The van der Waals surface area contributed by atoms with Crippen molar-refractivity contribution in [2.24, 2.45) is 5.92 Å². The number of rotatable bonds is 6. The monoisotopic (exact) mass is 461 g/mol. The van der Waals surface area contributed by atoms with E-state index in [9.17, 15) is 9.18 Å². The van der Waals surface area contributed by atoms with Gasteiger partial charge in [0.05, 0.1) is 29.2 Å². The number of aryl methyl sites for hydroxylation is 1. The molecule has 0 bridgehead atoms. The van der Waals surface area contributed by atoms with Crippen molar-refractivity contribution in [3.8, 4) is 28.5 Å². The number of halogens is 1. The maximum atomic E-state index is 14.9. The van der Waals surface area contributed by atoms with E-state index in [1.807, 2.05) is 19.1 Å². The number of benzene rings is 1. The molecule has 0 atom stereocenters. The maximum Gasteiger partial charge on any atom is 0.303 e. The summed E-state index contributed by atoms with van der Waals surface area (Å²) < 4.78 is 20.9. The highest BCUT2D eigenvalue weighted by Crippen LogP contribution is 2.30. The number of hydrogen-bond donors (Lipinski definition) is 2. The topological polar surface area (TPSA) is 114 Å². The third-order valence-electron chi connectivity index (χ3n) is 6.18. The summed E-state index contributed by atoms with van der Waals surface area (Å²) in [6, 6.07) is 8.60. The molecule has 0 spiro atoms. The van der Waals surface area contributed by atoms with Crippen molar-refractivity contribution in [2.45, 2.75) is 45.1 Å². The molecule has 3 heterocycles. The van der Waals surface area contributed by atoms with Crippen molar-refractivity contribution in [3.63, 3.8) is 0 Å². The Morgan fingerprint density at radius 1 is 1.12 bits per heavy atom. The molecule has 0 aliphatic heterocycles. The number of carboxylic acid groups (broad SMARTS) is 1. The fourth-order valence-electron chi connectivity index (χ4n) is 4.38. The Labute approximate surface area is 195 Å². The number of fused-ring (bicyclic) bond motifs is 1. The second kappa shape index (κ2) is 9.17. The van der Waals surface area contributed by atoms with Crippen molar-refractivity contribution < 1.29 is 19.0 Å². The van der Waals surface area contributed by atoms with E-state index in [2.05, 4.69) is 24.9 Å². The number of aliphatic carboxylic acids is 1. The van der Waals surface area contributed by atoms with Crippen molar-refractivity contribution in [2.75, 3.05) is 0 Å². The highest BCUT2D eigenvalue weighted by Gasteiger charge is 2.24. The van der Waals surface area contributed by atoms with Crippen molar-refractivity contribution in [1.82, 2.24) is 24.9 Å². The van der Waals surface area contributed by atoms with E-state index < -0.39 is 11.8 Å². The summed E-state index contributed by atoms with van der Waals surface area (Å²) in [4.78, 5) is 31.5. The fraction of sp³-hybridized carbons (Fsp3) is 0.320. The van der Waals surface area contributed by atoms with E-state index in [0.29, 0.717) is 34.2 Å². The van der Waals surface area contributed by atoms with Crippen LogP contribution in [0.5, 0.6) is 5.88 Å². The minimum atomic E-state index is -0.750. The van der Waals surface area contributed by atoms with Crippen LogP contribution in [-0.2, 0) is 4.79 Å². The molecular weight excluding hydrogens is 437 g/mol. The molecule has 0 saturated heterocycles. The summed E-state index contributed by atoms with van der Waals surface area (Å²) in [7, 11) is 0. The largest absolute Gasteiger partial charge is 0.481 e. The van der Waals surface area contributed by atoms with Crippen molar-refractivity contribution in [3.05, 3.63) is 54.2 Å². The molecule has 0 radical (unpaired) electrons. The van der Waals surface area contributed by atoms with E-state index in [4.69, 9.17) is 9.84 Å². The van der Waals surface area contributed by atoms with Crippen molar-refractivity contribution >= 4 is 17.1 Å². The lowest BCUT2D eigenvalue weighted by Crippen LogP contribution is -2.25. The van der Waals surface area contributed by atoms with Crippen LogP contribution in [0.25, 0.3) is 33.8 Å². The third kappa shape index (κ3) is 4.73. The second-order valence-corrected chi connectivity index (χ2v) is 8.70. The molecule has 174 valence electrons. The summed E-state index contributed by atoms with van der Waals surface area (Å²) in [5.41, 5.74) is 3.63. The molecule has 0 amide bonds. The Bertz CT molecular complexity index is 1330. The summed E-state index contributed by atoms with van der Waals surface area (Å²) >= 11 is 0. The highest BCUT2D eigenvalue weighted by atomic mass is 19.1. The lowest BCUT2D eigenvalue weighted by Gasteiger charge is -2.27. The molecule has 34 heavy (non-hydrogen) atoms. The summed E-state index contributed by atoms with van der Waals surface area (Å²) in [6.45, 7) is 1.88. The van der Waals surface area contributed by atoms with Gasteiger partial charge >= 0.3 is 5.97 Å². The molecule has 5 rings (SSSR count). The van der Waals surface area contributed by atoms with Gasteiger partial charge in [0.2, 0.25) is 5.88 Å². The van der Waals surface area contributed by atoms with Gasteiger partial charge in [-0.15, -0.1) is 0 Å². The zero-order valence-corrected chi connectivity index (χ0v) is 18.7. The van der Waals surface area contributed by atoms with Crippen LogP contribution in [0.3, 0.4) is 0 Å². The van der Waals surface area contributed by atoms with Gasteiger partial charge in [-0.2, -0.15) is 0 Å². The van der Waals surface area contributed by atoms with Crippen LogP contribution in [0.4, 0.5) is 4.39 Å². The number of hydrogen-bond acceptors (Lipinski definition) is 6. The Hall–Kier alpha value is -3.88. The van der Waals surface area contributed by atoms with Gasteiger partial charge < -0.3 is 14.8 Å². The molecule has 1 fully saturated rings. The van der Waals surface area contributed by atoms with Gasteiger partial charge in [0.25, 0.3) is 0 Å². The van der Waals surface area contributed by atoms with Crippen LogP contribution >= 0.6 is 0 Å². The molecule has 0 unspecified atom stereocenters. The normalized spacial score (nSPS) is 18.2. The number of carboxylic acids is 1. The van der Waals surface area contributed by atoms with Crippen LogP contribution in [0.2, 0.25) is 0 Å². The predicted molar refractivity (Wildman–Crippen MR) is 124 cm³/mol. The lowest BCUT2D eigenvalue weighted by atomic mass is 9.85. The molecule has 1 aliphatic rings. The molecular formula is C25H24FN5O3. The van der Waals surface area contributed by atoms with Gasteiger partial charge in [-0.05, 0) is 62.8 Å². The third-order valence-corrected chi connectivity index (χ3v) is 6.18. The van der Waals surface area contributed by atoms with Gasteiger partial charge in [0, 0.05) is 17.7 Å². The van der Waals surface area contributed by atoms with Gasteiger partial charge in [-0.1, -0.05) is 6.07 Å². The van der Waals surface area contributed by atoms with E-state index in [1.54, 1.807) is 18.3 Å². The number of imidazole rings is 1. The number of carbonyl (C=O) groups is 1. The molecule has 8 nitrogen and oxygen atoms in total. The molecule has 1 aliphatic carbocycles. The average molecular weight is 461 g/mol. The molecule has 1 aromatic carbocycles. The van der Waals surface area contributed by atoms with E-state index in [-0.39, 0.29) is 18.4 Å². The van der Waals surface area contributed by atoms with Gasteiger partial charge in [0.1, 0.15) is 17.7 Å². The quantitative estimate of drug-likeness (QED) is 0.418. The fourth-order valence-corrected chi connectivity index (χ4v) is 4.38. The number of H-pyrrole nitrogens is 1. The number of pyridine rings is 1. The number of aromatic nitrogens is 5. The van der Waals surface area contributed by atoms with Crippen LogP contribution in [0, 0.1) is 18.7 Å².